The summed E-state index contributed by atoms with van der Waals surface area (Å²) >= 11 is 0. The van der Waals surface area contributed by atoms with Gasteiger partial charge in [-0.2, -0.15) is 0 Å². The smallest absolute Gasteiger partial charge is 0.274 e. The summed E-state index contributed by atoms with van der Waals surface area (Å²) in [5.74, 6) is -0.0910. The average Bonchev–Trinajstić information content (AvgIpc) is 2.61. The number of carbonyl (C=O) groups is 1. The van der Waals surface area contributed by atoms with Crippen LogP contribution in [0.2, 0.25) is 0 Å². The van der Waals surface area contributed by atoms with Crippen molar-refractivity contribution >= 4 is 5.91 Å². The van der Waals surface area contributed by atoms with Gasteiger partial charge in [0.2, 0.25) is 0 Å². The molecule has 0 bridgehead atoms. The highest BCUT2D eigenvalue weighted by molar-refractivity contribution is 5.92. The Labute approximate surface area is 141 Å². The Bertz CT molecular complexity index is 704. The molecule has 1 fully saturated rings. The van der Waals surface area contributed by atoms with E-state index in [4.69, 9.17) is 4.74 Å². The monoisotopic (exact) mass is 327 g/mol. The number of amides is 1. The van der Waals surface area contributed by atoms with Crippen LogP contribution in [0.4, 0.5) is 0 Å². The van der Waals surface area contributed by atoms with Crippen molar-refractivity contribution < 1.29 is 9.53 Å². The molecule has 1 atom stereocenters. The summed E-state index contributed by atoms with van der Waals surface area (Å²) in [4.78, 5) is 31.6. The molecule has 2 aromatic heterocycles. The molecular weight excluding hydrogens is 306 g/mol. The van der Waals surface area contributed by atoms with Gasteiger partial charge in [0, 0.05) is 25.1 Å². The zero-order valence-corrected chi connectivity index (χ0v) is 14.0. The van der Waals surface area contributed by atoms with Gasteiger partial charge in [-0.1, -0.05) is 0 Å². The topological polar surface area (TPSA) is 81.1 Å². The third-order valence-electron chi connectivity index (χ3n) is 4.19. The number of aromatic nitrogens is 4. The molecule has 0 spiro atoms. The predicted molar refractivity (Wildman–Crippen MR) is 87.5 cm³/mol. The Morgan fingerprint density at radius 2 is 2.04 bits per heavy atom. The highest BCUT2D eigenvalue weighted by Gasteiger charge is 2.29. The second-order valence-electron chi connectivity index (χ2n) is 5.90. The highest BCUT2D eigenvalue weighted by atomic mass is 16.5. The summed E-state index contributed by atoms with van der Waals surface area (Å²) in [6.45, 7) is 5.45. The summed E-state index contributed by atoms with van der Waals surface area (Å²) in [6.07, 6.45) is 8.09. The van der Waals surface area contributed by atoms with Crippen molar-refractivity contribution in [2.75, 3.05) is 19.8 Å². The average molecular weight is 327 g/mol. The maximum absolute atomic E-state index is 12.7. The van der Waals surface area contributed by atoms with Gasteiger partial charge in [0.1, 0.15) is 5.69 Å². The minimum atomic E-state index is -0.0910. The number of ether oxygens (including phenoxy) is 1. The molecule has 1 amide bonds. The van der Waals surface area contributed by atoms with Crippen LogP contribution in [-0.4, -0.2) is 56.5 Å². The first kappa shape index (κ1) is 16.4. The van der Waals surface area contributed by atoms with E-state index in [-0.39, 0.29) is 11.9 Å². The van der Waals surface area contributed by atoms with Crippen LogP contribution in [0.25, 0.3) is 0 Å². The Hall–Kier alpha value is -2.41. The van der Waals surface area contributed by atoms with E-state index in [1.54, 1.807) is 18.6 Å². The zero-order valence-electron chi connectivity index (χ0n) is 14.0. The molecule has 0 radical (unpaired) electrons. The van der Waals surface area contributed by atoms with Gasteiger partial charge >= 0.3 is 0 Å². The van der Waals surface area contributed by atoms with Gasteiger partial charge in [-0.15, -0.1) is 0 Å². The largest absolute Gasteiger partial charge is 0.377 e. The number of hydrogen-bond donors (Lipinski definition) is 0. The van der Waals surface area contributed by atoms with E-state index < -0.39 is 0 Å². The van der Waals surface area contributed by atoms with Crippen molar-refractivity contribution in [2.24, 2.45) is 0 Å². The van der Waals surface area contributed by atoms with Gasteiger partial charge in [-0.25, -0.2) is 4.98 Å². The molecule has 1 aliphatic heterocycles. The maximum atomic E-state index is 12.7. The summed E-state index contributed by atoms with van der Waals surface area (Å²) in [5, 5.41) is 0. The highest BCUT2D eigenvalue weighted by Crippen LogP contribution is 2.16. The minimum Gasteiger partial charge on any atom is -0.377 e. The number of hydrogen-bond acceptors (Lipinski definition) is 6. The van der Waals surface area contributed by atoms with Gasteiger partial charge in [0.25, 0.3) is 5.91 Å². The van der Waals surface area contributed by atoms with Crippen LogP contribution in [0, 0.1) is 13.8 Å². The Kier molecular flexibility index (Phi) is 5.10. The molecule has 0 N–H and O–H groups in total. The fourth-order valence-electron chi connectivity index (χ4n) is 2.80. The Morgan fingerprint density at radius 3 is 2.79 bits per heavy atom. The second kappa shape index (κ2) is 7.44. The first-order chi connectivity index (χ1) is 11.6. The van der Waals surface area contributed by atoms with Crippen molar-refractivity contribution in [2.45, 2.75) is 32.7 Å². The van der Waals surface area contributed by atoms with Crippen LogP contribution in [0.5, 0.6) is 0 Å². The van der Waals surface area contributed by atoms with Gasteiger partial charge < -0.3 is 9.64 Å². The predicted octanol–water partition coefficient (Wildman–Crippen LogP) is 1.36. The number of carbonyl (C=O) groups excluding carboxylic acids is 1. The van der Waals surface area contributed by atoms with E-state index in [2.05, 4.69) is 19.9 Å². The normalized spacial score (nSPS) is 17.8. The Balaban J connectivity index is 1.70. The SMILES string of the molecule is Cc1cnc(C(=O)N2CCOCC2CCc2nccnc2C)cn1. The molecule has 0 aromatic carbocycles. The van der Waals surface area contributed by atoms with E-state index in [1.165, 1.54) is 6.20 Å². The van der Waals surface area contributed by atoms with Crippen LogP contribution in [0.15, 0.2) is 24.8 Å². The fourth-order valence-corrected chi connectivity index (χ4v) is 2.80. The zero-order chi connectivity index (χ0) is 16.9. The van der Waals surface area contributed by atoms with Gasteiger partial charge in [-0.05, 0) is 26.7 Å². The number of aryl methyl sites for hydroxylation is 3. The van der Waals surface area contributed by atoms with Crippen LogP contribution >= 0.6 is 0 Å². The fraction of sp³-hybridized carbons (Fsp3) is 0.471. The maximum Gasteiger partial charge on any atom is 0.274 e. The molecule has 7 heteroatoms. The third-order valence-corrected chi connectivity index (χ3v) is 4.19. The van der Waals surface area contributed by atoms with Crippen LogP contribution in [-0.2, 0) is 11.2 Å². The standard InChI is InChI=1S/C17H21N5O2/c1-12-9-21-16(10-20-12)17(23)22-7-8-24-11-14(22)3-4-15-13(2)18-5-6-19-15/h5-6,9-10,14H,3-4,7-8,11H2,1-2H3. The lowest BCUT2D eigenvalue weighted by Crippen LogP contribution is -2.49. The molecule has 2 aromatic rings. The molecule has 3 rings (SSSR count). The van der Waals surface area contributed by atoms with E-state index in [0.717, 1.165) is 29.9 Å². The molecule has 1 aliphatic rings. The molecule has 7 nitrogen and oxygen atoms in total. The van der Waals surface area contributed by atoms with Gasteiger partial charge in [0.05, 0.1) is 42.5 Å². The lowest BCUT2D eigenvalue weighted by molar-refractivity contribution is -0.00447. The number of rotatable bonds is 4. The minimum absolute atomic E-state index is 0.00996. The molecular formula is C17H21N5O2. The van der Waals surface area contributed by atoms with Crippen molar-refractivity contribution in [3.05, 3.63) is 47.6 Å². The first-order valence-electron chi connectivity index (χ1n) is 8.09. The number of morpholine rings is 1. The summed E-state index contributed by atoms with van der Waals surface area (Å²) in [6, 6.07) is 0.00996. The Morgan fingerprint density at radius 1 is 1.21 bits per heavy atom. The van der Waals surface area contributed by atoms with Crippen LogP contribution < -0.4 is 0 Å². The molecule has 24 heavy (non-hydrogen) atoms. The van der Waals surface area contributed by atoms with Crippen molar-refractivity contribution in [1.82, 2.24) is 24.8 Å². The molecule has 3 heterocycles. The first-order valence-corrected chi connectivity index (χ1v) is 8.09. The van der Waals surface area contributed by atoms with E-state index in [0.29, 0.717) is 25.5 Å². The lowest BCUT2D eigenvalue weighted by Gasteiger charge is -2.35. The van der Waals surface area contributed by atoms with Crippen molar-refractivity contribution in [1.29, 1.82) is 0 Å². The van der Waals surface area contributed by atoms with Gasteiger partial charge in [0.15, 0.2) is 0 Å². The summed E-state index contributed by atoms with van der Waals surface area (Å²) < 4.78 is 5.57. The van der Waals surface area contributed by atoms with Crippen molar-refractivity contribution in [3.63, 3.8) is 0 Å². The van der Waals surface area contributed by atoms with Crippen molar-refractivity contribution in [3.8, 4) is 0 Å². The quantitative estimate of drug-likeness (QED) is 0.843. The number of nitrogens with zero attached hydrogens (tertiary/aromatic N) is 5. The molecule has 1 unspecified atom stereocenters. The van der Waals surface area contributed by atoms with E-state index >= 15 is 0 Å². The molecule has 126 valence electrons. The summed E-state index contributed by atoms with van der Waals surface area (Å²) in [5.41, 5.74) is 3.06. The molecule has 0 aliphatic carbocycles. The van der Waals surface area contributed by atoms with Crippen LogP contribution in [0.3, 0.4) is 0 Å². The van der Waals surface area contributed by atoms with E-state index in [1.807, 2.05) is 18.7 Å². The van der Waals surface area contributed by atoms with Crippen LogP contribution in [0.1, 0.15) is 34.0 Å². The molecule has 0 saturated carbocycles. The second-order valence-corrected chi connectivity index (χ2v) is 5.90. The molecule has 1 saturated heterocycles. The van der Waals surface area contributed by atoms with E-state index in [9.17, 15) is 4.79 Å². The van der Waals surface area contributed by atoms with Gasteiger partial charge in [-0.3, -0.25) is 19.7 Å². The summed E-state index contributed by atoms with van der Waals surface area (Å²) in [7, 11) is 0. The lowest BCUT2D eigenvalue weighted by atomic mass is 10.1. The third kappa shape index (κ3) is 3.73.